The van der Waals surface area contributed by atoms with Crippen molar-refractivity contribution in [1.82, 2.24) is 4.72 Å². The van der Waals surface area contributed by atoms with Crippen molar-refractivity contribution in [1.29, 1.82) is 0 Å². The van der Waals surface area contributed by atoms with Gasteiger partial charge < -0.3 is 5.11 Å². The Bertz CT molecular complexity index is 1460. The summed E-state index contributed by atoms with van der Waals surface area (Å²) in [6.45, 7) is -0.417. The third-order valence-corrected chi connectivity index (χ3v) is 7.22. The molecule has 178 valence electrons. The highest BCUT2D eigenvalue weighted by atomic mass is 32.2. The van der Waals surface area contributed by atoms with Crippen LogP contribution in [0.15, 0.2) is 66.7 Å². The molecule has 0 bridgehead atoms. The number of nitrogens with zero attached hydrogens (tertiary/aromatic N) is 1. The quantitative estimate of drug-likeness (QED) is 0.454. The van der Waals surface area contributed by atoms with Crippen LogP contribution in [0.2, 0.25) is 0 Å². The molecule has 1 aliphatic rings. The second-order valence-corrected chi connectivity index (χ2v) is 11.4. The van der Waals surface area contributed by atoms with Crippen molar-refractivity contribution in [3.8, 4) is 5.75 Å². The van der Waals surface area contributed by atoms with Gasteiger partial charge in [0, 0.05) is 0 Å². The fourth-order valence-corrected chi connectivity index (χ4v) is 5.57. The van der Waals surface area contributed by atoms with E-state index in [0.29, 0.717) is 23.2 Å². The van der Waals surface area contributed by atoms with Crippen LogP contribution in [-0.4, -0.2) is 40.6 Å². The average molecular weight is 502 g/mol. The molecule has 0 aromatic heterocycles. The molecule has 3 aromatic carbocycles. The van der Waals surface area contributed by atoms with Gasteiger partial charge in [0.25, 0.3) is 5.91 Å². The van der Waals surface area contributed by atoms with Crippen LogP contribution in [-0.2, 0) is 37.9 Å². The molecular formula is C23H23N3O6S2. The van der Waals surface area contributed by atoms with Gasteiger partial charge in [0.05, 0.1) is 17.6 Å². The first-order chi connectivity index (χ1) is 16.0. The number of sulfonamides is 1. The van der Waals surface area contributed by atoms with E-state index in [1.54, 1.807) is 12.1 Å². The van der Waals surface area contributed by atoms with E-state index in [1.807, 2.05) is 47.2 Å². The molecule has 4 rings (SSSR count). The van der Waals surface area contributed by atoms with Crippen LogP contribution >= 0.6 is 0 Å². The zero-order valence-corrected chi connectivity index (χ0v) is 19.9. The fraction of sp³-hybridized carbons (Fsp3) is 0.174. The fourth-order valence-electron chi connectivity index (χ4n) is 3.81. The summed E-state index contributed by atoms with van der Waals surface area (Å²) >= 11 is 0. The van der Waals surface area contributed by atoms with E-state index in [1.165, 1.54) is 12.1 Å². The van der Waals surface area contributed by atoms with Crippen LogP contribution in [0.5, 0.6) is 5.75 Å². The number of aromatic hydroxyl groups is 1. The van der Waals surface area contributed by atoms with Crippen molar-refractivity contribution in [2.45, 2.75) is 12.8 Å². The Labute approximate surface area is 198 Å². The largest absolute Gasteiger partial charge is 0.506 e. The molecule has 3 aromatic rings. The molecule has 0 atom stereocenters. The van der Waals surface area contributed by atoms with Crippen molar-refractivity contribution in [3.05, 3.63) is 89.0 Å². The van der Waals surface area contributed by atoms with Gasteiger partial charge in [0.2, 0.25) is 10.0 Å². The van der Waals surface area contributed by atoms with E-state index < -0.39 is 32.7 Å². The number of carbonyl (C=O) groups excluding carboxylic acids is 1. The average Bonchev–Trinajstić information content (AvgIpc) is 3.01. The third-order valence-electron chi connectivity index (χ3n) is 5.24. The second-order valence-electron chi connectivity index (χ2n) is 8.06. The molecule has 0 unspecified atom stereocenters. The van der Waals surface area contributed by atoms with Crippen molar-refractivity contribution < 1.29 is 26.7 Å². The van der Waals surface area contributed by atoms with Gasteiger partial charge in [-0.3, -0.25) is 9.52 Å². The smallest absolute Gasteiger partial charge is 0.326 e. The van der Waals surface area contributed by atoms with Gasteiger partial charge in [-0.05, 0) is 53.3 Å². The van der Waals surface area contributed by atoms with Gasteiger partial charge in [-0.15, -0.1) is 0 Å². The summed E-state index contributed by atoms with van der Waals surface area (Å²) in [5, 5.41) is 10.5. The molecule has 0 radical (unpaired) electrons. The lowest BCUT2D eigenvalue weighted by atomic mass is 9.97. The Morgan fingerprint density at radius 2 is 1.65 bits per heavy atom. The first-order valence-corrected chi connectivity index (χ1v) is 13.6. The molecule has 1 aliphatic heterocycles. The van der Waals surface area contributed by atoms with Gasteiger partial charge in [0.1, 0.15) is 12.3 Å². The van der Waals surface area contributed by atoms with Crippen LogP contribution in [0.1, 0.15) is 22.3 Å². The molecule has 0 spiro atoms. The topological polar surface area (TPSA) is 133 Å². The SMILES string of the molecule is CS(=O)(=O)Nc1ccc(Cc2ccccc2)cc1Cc1ccc(N2CC(=O)NS2(=O)=O)c(O)c1. The summed E-state index contributed by atoms with van der Waals surface area (Å²) in [6.07, 6.45) is 2.00. The maximum Gasteiger partial charge on any atom is 0.326 e. The van der Waals surface area contributed by atoms with Gasteiger partial charge in [-0.2, -0.15) is 8.42 Å². The summed E-state index contributed by atoms with van der Waals surface area (Å²) in [5.74, 6) is -0.995. The number of anilines is 2. The van der Waals surface area contributed by atoms with Gasteiger partial charge >= 0.3 is 10.2 Å². The third kappa shape index (κ3) is 5.49. The number of hydrogen-bond acceptors (Lipinski definition) is 6. The Morgan fingerprint density at radius 3 is 2.26 bits per heavy atom. The first-order valence-electron chi connectivity index (χ1n) is 10.3. The molecular weight excluding hydrogens is 478 g/mol. The van der Waals surface area contributed by atoms with E-state index in [4.69, 9.17) is 0 Å². The molecule has 3 N–H and O–H groups in total. The second kappa shape index (κ2) is 8.99. The molecule has 0 aliphatic carbocycles. The lowest BCUT2D eigenvalue weighted by molar-refractivity contribution is -0.117. The van der Waals surface area contributed by atoms with E-state index >= 15 is 0 Å². The summed E-state index contributed by atoms with van der Waals surface area (Å²) in [5.41, 5.74) is 3.81. The molecule has 34 heavy (non-hydrogen) atoms. The number of amides is 1. The number of hydrogen-bond donors (Lipinski definition) is 3. The predicted molar refractivity (Wildman–Crippen MR) is 129 cm³/mol. The zero-order valence-electron chi connectivity index (χ0n) is 18.2. The molecule has 1 heterocycles. The molecule has 9 nitrogen and oxygen atoms in total. The van der Waals surface area contributed by atoms with Crippen molar-refractivity contribution in [2.24, 2.45) is 0 Å². The summed E-state index contributed by atoms with van der Waals surface area (Å²) in [6, 6.07) is 19.7. The maximum absolute atomic E-state index is 12.1. The minimum atomic E-state index is -4.05. The highest BCUT2D eigenvalue weighted by Crippen LogP contribution is 2.33. The summed E-state index contributed by atoms with van der Waals surface area (Å²) in [7, 11) is -7.57. The molecule has 1 fully saturated rings. The maximum atomic E-state index is 12.1. The highest BCUT2D eigenvalue weighted by Gasteiger charge is 2.35. The van der Waals surface area contributed by atoms with Crippen LogP contribution < -0.4 is 13.7 Å². The van der Waals surface area contributed by atoms with Crippen molar-refractivity contribution in [2.75, 3.05) is 21.8 Å². The normalized spacial score (nSPS) is 15.2. The lowest BCUT2D eigenvalue weighted by Gasteiger charge is -2.17. The standard InChI is InChI=1S/C23H23N3O6S2/c1-33(29,30)24-20-9-7-17(11-16-5-3-2-4-6-16)12-19(20)13-18-8-10-21(22(27)14-18)26-15-23(28)25-34(26,31)32/h2-10,12,14,24,27H,11,13,15H2,1H3,(H,25,28). The monoisotopic (exact) mass is 501 g/mol. The van der Waals surface area contributed by atoms with Crippen molar-refractivity contribution in [3.63, 3.8) is 0 Å². The van der Waals surface area contributed by atoms with Gasteiger partial charge in [0.15, 0.2) is 0 Å². The number of carbonyl (C=O) groups is 1. The molecule has 1 saturated heterocycles. The van der Waals surface area contributed by atoms with Crippen LogP contribution in [0, 0.1) is 0 Å². The number of rotatable bonds is 7. The van der Waals surface area contributed by atoms with Crippen LogP contribution in [0.3, 0.4) is 0 Å². The van der Waals surface area contributed by atoms with E-state index in [-0.39, 0.29) is 17.9 Å². The minimum absolute atomic E-state index is 0.0191. The Balaban J connectivity index is 1.65. The van der Waals surface area contributed by atoms with E-state index in [2.05, 4.69) is 4.72 Å². The Hall–Kier alpha value is -3.57. The lowest BCUT2D eigenvalue weighted by Crippen LogP contribution is -2.29. The minimum Gasteiger partial charge on any atom is -0.506 e. The molecule has 0 saturated carbocycles. The summed E-state index contributed by atoms with van der Waals surface area (Å²) < 4.78 is 53.1. The first kappa shape index (κ1) is 23.6. The van der Waals surface area contributed by atoms with E-state index in [9.17, 15) is 26.7 Å². The van der Waals surface area contributed by atoms with Crippen molar-refractivity contribution >= 4 is 37.5 Å². The Morgan fingerprint density at radius 1 is 0.971 bits per heavy atom. The zero-order chi connectivity index (χ0) is 24.5. The van der Waals surface area contributed by atoms with Crippen LogP contribution in [0.25, 0.3) is 0 Å². The van der Waals surface area contributed by atoms with Gasteiger partial charge in [-0.25, -0.2) is 17.4 Å². The molecule has 1 amide bonds. The predicted octanol–water partition coefficient (Wildman–Crippen LogP) is 2.13. The van der Waals surface area contributed by atoms with Gasteiger partial charge in [-0.1, -0.05) is 48.5 Å². The van der Waals surface area contributed by atoms with E-state index in [0.717, 1.165) is 21.7 Å². The van der Waals surface area contributed by atoms with Crippen LogP contribution in [0.4, 0.5) is 11.4 Å². The summed E-state index contributed by atoms with van der Waals surface area (Å²) in [4.78, 5) is 11.5. The highest BCUT2D eigenvalue weighted by molar-refractivity contribution is 7.92. The number of phenols is 1. The number of phenolic OH excluding ortho intramolecular Hbond substituents is 1. The number of benzene rings is 3. The molecule has 11 heteroatoms. The number of nitrogens with one attached hydrogen (secondary N) is 2. The Kier molecular flexibility index (Phi) is 6.24.